The number of aliphatic hydroxyl groups is 1. The van der Waals surface area contributed by atoms with Gasteiger partial charge in [-0.1, -0.05) is 30.3 Å². The molecule has 1 unspecified atom stereocenters. The van der Waals surface area contributed by atoms with Crippen molar-refractivity contribution in [3.05, 3.63) is 65.5 Å². The molecule has 20 heavy (non-hydrogen) atoms. The van der Waals surface area contributed by atoms with Gasteiger partial charge in [-0.2, -0.15) is 0 Å². The average Bonchev–Trinajstić information content (AvgIpc) is 2.94. The van der Waals surface area contributed by atoms with Crippen molar-refractivity contribution in [2.45, 2.75) is 12.6 Å². The largest absolute Gasteiger partial charge is 0.384 e. The fourth-order valence-corrected chi connectivity index (χ4v) is 2.39. The van der Waals surface area contributed by atoms with E-state index in [0.29, 0.717) is 0 Å². The Morgan fingerprint density at radius 2 is 2.05 bits per heavy atom. The van der Waals surface area contributed by atoms with Crippen LogP contribution in [0.3, 0.4) is 0 Å². The van der Waals surface area contributed by atoms with Gasteiger partial charge in [-0.3, -0.25) is 0 Å². The van der Waals surface area contributed by atoms with E-state index in [-0.39, 0.29) is 0 Å². The Hall–Kier alpha value is -2.17. The first-order valence-corrected chi connectivity index (χ1v) is 6.62. The summed E-state index contributed by atoms with van der Waals surface area (Å²) in [6.45, 7) is 0.792. The highest BCUT2D eigenvalue weighted by Crippen LogP contribution is 2.24. The fraction of sp³-hybridized carbons (Fsp3) is 0.188. The lowest BCUT2D eigenvalue weighted by Gasteiger charge is -2.13. The molecule has 0 spiro atoms. The molecule has 0 fully saturated rings. The Balaban J connectivity index is 1.94. The Bertz CT molecular complexity index is 720. The molecule has 0 radical (unpaired) electrons. The standard InChI is InChI=1S/C16H17N3O/c1-17-9-11-3-2-4-12(7-11)16(20)13-5-6-14-15(8-13)19-10-18-14/h2-8,10,16-17,20H,9H2,1H3,(H,18,19). The molecule has 1 atom stereocenters. The molecule has 0 aliphatic rings. The van der Waals surface area contributed by atoms with Crippen LogP contribution in [0.2, 0.25) is 0 Å². The van der Waals surface area contributed by atoms with Gasteiger partial charge in [-0.05, 0) is 35.9 Å². The van der Waals surface area contributed by atoms with E-state index in [1.165, 1.54) is 0 Å². The number of aromatic nitrogens is 2. The van der Waals surface area contributed by atoms with Crippen LogP contribution in [0.5, 0.6) is 0 Å². The first kappa shape index (κ1) is 12.8. The number of aliphatic hydroxyl groups excluding tert-OH is 1. The lowest BCUT2D eigenvalue weighted by atomic mass is 9.99. The molecule has 0 aliphatic heterocycles. The van der Waals surface area contributed by atoms with E-state index in [0.717, 1.165) is 34.3 Å². The third-order valence-corrected chi connectivity index (χ3v) is 3.41. The molecular weight excluding hydrogens is 250 g/mol. The van der Waals surface area contributed by atoms with E-state index in [2.05, 4.69) is 15.3 Å². The third-order valence-electron chi connectivity index (χ3n) is 3.41. The van der Waals surface area contributed by atoms with E-state index in [1.807, 2.05) is 49.5 Å². The van der Waals surface area contributed by atoms with Crippen molar-refractivity contribution in [3.63, 3.8) is 0 Å². The van der Waals surface area contributed by atoms with Crippen LogP contribution in [0.1, 0.15) is 22.8 Å². The summed E-state index contributed by atoms with van der Waals surface area (Å²) in [5.74, 6) is 0. The molecule has 1 heterocycles. The molecule has 1 aromatic heterocycles. The second-order valence-corrected chi connectivity index (χ2v) is 4.86. The van der Waals surface area contributed by atoms with E-state index < -0.39 is 6.10 Å². The van der Waals surface area contributed by atoms with E-state index >= 15 is 0 Å². The van der Waals surface area contributed by atoms with Crippen molar-refractivity contribution in [3.8, 4) is 0 Å². The molecule has 0 saturated carbocycles. The molecule has 0 aliphatic carbocycles. The van der Waals surface area contributed by atoms with Gasteiger partial charge < -0.3 is 15.4 Å². The van der Waals surface area contributed by atoms with Crippen molar-refractivity contribution in [2.75, 3.05) is 7.05 Å². The molecule has 3 aromatic rings. The molecule has 3 N–H and O–H groups in total. The third kappa shape index (κ3) is 2.43. The van der Waals surface area contributed by atoms with Crippen molar-refractivity contribution in [1.82, 2.24) is 15.3 Å². The Kier molecular flexibility index (Phi) is 3.50. The Morgan fingerprint density at radius 3 is 2.90 bits per heavy atom. The van der Waals surface area contributed by atoms with Crippen LogP contribution in [0.25, 0.3) is 11.0 Å². The van der Waals surface area contributed by atoms with Crippen LogP contribution in [0.4, 0.5) is 0 Å². The minimum atomic E-state index is -0.625. The molecule has 0 bridgehead atoms. The predicted molar refractivity (Wildman–Crippen MR) is 79.4 cm³/mol. The van der Waals surface area contributed by atoms with Gasteiger partial charge in [-0.25, -0.2) is 4.98 Å². The van der Waals surface area contributed by atoms with Gasteiger partial charge in [0.15, 0.2) is 0 Å². The van der Waals surface area contributed by atoms with E-state index in [1.54, 1.807) is 6.33 Å². The number of aromatic amines is 1. The van der Waals surface area contributed by atoms with Crippen LogP contribution < -0.4 is 5.32 Å². The van der Waals surface area contributed by atoms with Gasteiger partial charge in [0.25, 0.3) is 0 Å². The maximum atomic E-state index is 10.5. The minimum absolute atomic E-state index is 0.625. The number of hydrogen-bond donors (Lipinski definition) is 3. The van der Waals surface area contributed by atoms with Crippen LogP contribution in [0.15, 0.2) is 48.8 Å². The number of nitrogens with one attached hydrogen (secondary N) is 2. The van der Waals surface area contributed by atoms with Gasteiger partial charge in [-0.15, -0.1) is 0 Å². The maximum Gasteiger partial charge on any atom is 0.104 e. The smallest absolute Gasteiger partial charge is 0.104 e. The summed E-state index contributed by atoms with van der Waals surface area (Å²) in [7, 11) is 1.91. The lowest BCUT2D eigenvalue weighted by Crippen LogP contribution is -2.06. The Labute approximate surface area is 117 Å². The number of hydrogen-bond acceptors (Lipinski definition) is 3. The van der Waals surface area contributed by atoms with Gasteiger partial charge >= 0.3 is 0 Å². The van der Waals surface area contributed by atoms with Gasteiger partial charge in [0.1, 0.15) is 6.10 Å². The summed E-state index contributed by atoms with van der Waals surface area (Å²) < 4.78 is 0. The van der Waals surface area contributed by atoms with Crippen LogP contribution in [0, 0.1) is 0 Å². The van der Waals surface area contributed by atoms with Crippen molar-refractivity contribution < 1.29 is 5.11 Å². The number of benzene rings is 2. The minimum Gasteiger partial charge on any atom is -0.384 e. The van der Waals surface area contributed by atoms with Crippen LogP contribution >= 0.6 is 0 Å². The highest BCUT2D eigenvalue weighted by Gasteiger charge is 2.12. The number of imidazole rings is 1. The summed E-state index contributed by atoms with van der Waals surface area (Å²) in [6, 6.07) is 13.8. The van der Waals surface area contributed by atoms with E-state index in [4.69, 9.17) is 0 Å². The number of rotatable bonds is 4. The van der Waals surface area contributed by atoms with Crippen LogP contribution in [-0.4, -0.2) is 22.1 Å². The van der Waals surface area contributed by atoms with Crippen molar-refractivity contribution in [2.24, 2.45) is 0 Å². The molecule has 102 valence electrons. The second kappa shape index (κ2) is 5.45. The van der Waals surface area contributed by atoms with Crippen LogP contribution in [-0.2, 0) is 6.54 Å². The molecule has 2 aromatic carbocycles. The summed E-state index contributed by atoms with van der Waals surface area (Å²) >= 11 is 0. The molecule has 4 heteroatoms. The topological polar surface area (TPSA) is 60.9 Å². The summed E-state index contributed by atoms with van der Waals surface area (Å²) in [5, 5.41) is 13.6. The molecule has 0 amide bonds. The SMILES string of the molecule is CNCc1cccc(C(O)c2ccc3nc[nH]c3c2)c1. The summed E-state index contributed by atoms with van der Waals surface area (Å²) in [4.78, 5) is 7.25. The number of H-pyrrole nitrogens is 1. The number of nitrogens with zero attached hydrogens (tertiary/aromatic N) is 1. The zero-order chi connectivity index (χ0) is 13.9. The monoisotopic (exact) mass is 267 g/mol. The normalized spacial score (nSPS) is 12.7. The van der Waals surface area contributed by atoms with Crippen molar-refractivity contribution >= 4 is 11.0 Å². The lowest BCUT2D eigenvalue weighted by molar-refractivity contribution is 0.220. The highest BCUT2D eigenvalue weighted by atomic mass is 16.3. The maximum absolute atomic E-state index is 10.5. The number of fused-ring (bicyclic) bond motifs is 1. The average molecular weight is 267 g/mol. The first-order valence-electron chi connectivity index (χ1n) is 6.62. The Morgan fingerprint density at radius 1 is 1.20 bits per heavy atom. The summed E-state index contributed by atoms with van der Waals surface area (Å²) in [6.07, 6.45) is 1.04. The predicted octanol–water partition coefficient (Wildman–Crippen LogP) is 2.36. The molecule has 3 rings (SSSR count). The molecule has 4 nitrogen and oxygen atoms in total. The highest BCUT2D eigenvalue weighted by molar-refractivity contribution is 5.75. The zero-order valence-corrected chi connectivity index (χ0v) is 11.3. The second-order valence-electron chi connectivity index (χ2n) is 4.86. The zero-order valence-electron chi connectivity index (χ0n) is 11.3. The molecular formula is C16H17N3O. The van der Waals surface area contributed by atoms with Crippen molar-refractivity contribution in [1.29, 1.82) is 0 Å². The molecule has 0 saturated heterocycles. The first-order chi connectivity index (χ1) is 9.78. The van der Waals surface area contributed by atoms with Gasteiger partial charge in [0.05, 0.1) is 17.4 Å². The van der Waals surface area contributed by atoms with Gasteiger partial charge in [0.2, 0.25) is 0 Å². The summed E-state index contributed by atoms with van der Waals surface area (Å²) in [5.41, 5.74) is 4.77. The van der Waals surface area contributed by atoms with E-state index in [9.17, 15) is 5.11 Å². The quantitative estimate of drug-likeness (QED) is 0.680. The van der Waals surface area contributed by atoms with Gasteiger partial charge in [0, 0.05) is 6.54 Å². The fourth-order valence-electron chi connectivity index (χ4n) is 2.39.